The Hall–Kier alpha value is -1.41. The molecule has 0 aromatic carbocycles. The number of hydrogen-bond acceptors (Lipinski definition) is 15. The third kappa shape index (κ3) is 6.87. The maximum Gasteiger partial charge on any atom is 0.187 e. The first-order valence-electron chi connectivity index (χ1n) is 19.7. The van der Waals surface area contributed by atoms with Crippen molar-refractivity contribution < 1.29 is 74.1 Å². The summed E-state index contributed by atoms with van der Waals surface area (Å²) in [5.74, 6) is 1.51. The zero-order valence-corrected chi connectivity index (χ0v) is 31.7. The number of aliphatic hydroxyl groups is 8. The summed E-state index contributed by atoms with van der Waals surface area (Å²) >= 11 is 0. The number of ether oxygens (including phenoxy) is 6. The Bertz CT molecular complexity index is 1440. The summed E-state index contributed by atoms with van der Waals surface area (Å²) in [4.78, 5) is 12.6. The van der Waals surface area contributed by atoms with Crippen LogP contribution in [0.5, 0.6) is 0 Å². The minimum absolute atomic E-state index is 0.0639. The van der Waals surface area contributed by atoms with E-state index in [1.165, 1.54) is 19.4 Å². The van der Waals surface area contributed by atoms with Crippen LogP contribution in [0.2, 0.25) is 0 Å². The minimum Gasteiger partial charge on any atom is -0.394 e. The molecule has 0 aromatic heterocycles. The van der Waals surface area contributed by atoms with Crippen LogP contribution in [0.3, 0.4) is 0 Å². The van der Waals surface area contributed by atoms with Crippen molar-refractivity contribution >= 4 is 5.78 Å². The number of carbonyl (C=O) groups is 1. The highest BCUT2D eigenvalue weighted by molar-refractivity contribution is 5.95. The van der Waals surface area contributed by atoms with Crippen molar-refractivity contribution in [2.75, 3.05) is 6.61 Å². The van der Waals surface area contributed by atoms with E-state index in [9.17, 15) is 45.6 Å². The fraction of sp³-hybridized carbons (Fsp3) is 0.872. The van der Waals surface area contributed by atoms with Crippen LogP contribution < -0.4 is 0 Å². The van der Waals surface area contributed by atoms with Gasteiger partial charge in [0.05, 0.1) is 24.9 Å². The van der Waals surface area contributed by atoms with Gasteiger partial charge in [-0.1, -0.05) is 31.6 Å². The lowest BCUT2D eigenvalue weighted by atomic mass is 9.47. The quantitative estimate of drug-likeness (QED) is 0.152. The molecule has 7 rings (SSSR count). The van der Waals surface area contributed by atoms with Gasteiger partial charge in [-0.05, 0) is 99.9 Å². The van der Waals surface area contributed by atoms with Crippen molar-refractivity contribution in [1.82, 2.24) is 0 Å². The highest BCUT2D eigenvalue weighted by atomic mass is 16.8. The zero-order chi connectivity index (χ0) is 39.0. The van der Waals surface area contributed by atoms with Crippen LogP contribution in [0, 0.1) is 28.6 Å². The monoisotopic (exact) mass is 768 g/mol. The number of rotatable bonds is 8. The van der Waals surface area contributed by atoms with Gasteiger partial charge in [-0.25, -0.2) is 0 Å². The maximum atomic E-state index is 12.6. The second-order valence-corrected chi connectivity index (χ2v) is 17.4. The molecule has 0 aromatic rings. The zero-order valence-electron chi connectivity index (χ0n) is 31.7. The number of carbonyl (C=O) groups excluding carboxylic acids is 1. The largest absolute Gasteiger partial charge is 0.394 e. The number of allylic oxidation sites excluding steroid dienone is 3. The van der Waals surface area contributed by atoms with Gasteiger partial charge in [-0.15, -0.1) is 0 Å². The molecule has 21 atom stereocenters. The van der Waals surface area contributed by atoms with E-state index in [4.69, 9.17) is 28.4 Å². The molecular formula is C39H60O15. The van der Waals surface area contributed by atoms with Gasteiger partial charge in [0, 0.05) is 0 Å². The molecule has 7 aliphatic rings. The lowest BCUT2D eigenvalue weighted by molar-refractivity contribution is -0.393. The molecule has 3 heterocycles. The molecule has 0 unspecified atom stereocenters. The van der Waals surface area contributed by atoms with Gasteiger partial charge >= 0.3 is 0 Å². The molecule has 0 radical (unpaired) electrons. The second kappa shape index (κ2) is 15.4. The second-order valence-electron chi connectivity index (χ2n) is 17.4. The average Bonchev–Trinajstić information content (AvgIpc) is 3.50. The van der Waals surface area contributed by atoms with Crippen molar-refractivity contribution in [1.29, 1.82) is 0 Å². The summed E-state index contributed by atoms with van der Waals surface area (Å²) in [5.41, 5.74) is 2.12. The standard InChI is InChI=1S/C39H60O15/c1-16(41)22-8-9-23-21-7-6-19-14-20(10-12-38(19,4)24(21)11-13-39(22,23)5)51-37-34(54-36-32(48)30(46)27(43)18(3)50-36)33(28(44)25(15-40)52-37)53-35-31(47)29(45)26(42)17(2)49-35/h6,8,17-18,20-21,23-37,40,42-48H,7,9-15H2,1-5H3/t17-,18-,20-,21-,23-,24-,25+,26-,27-,28+,29+,30+,31+,32+,33-,34+,35-,36-,37+,38-,39+/m0/s1. The van der Waals surface area contributed by atoms with Crippen molar-refractivity contribution in [2.45, 2.75) is 178 Å². The topological polar surface area (TPSA) is 234 Å². The van der Waals surface area contributed by atoms with E-state index in [0.29, 0.717) is 30.6 Å². The Balaban J connectivity index is 1.13. The Morgan fingerprint density at radius 2 is 1.30 bits per heavy atom. The molecule has 8 N–H and O–H groups in total. The Morgan fingerprint density at radius 3 is 1.89 bits per heavy atom. The fourth-order valence-corrected chi connectivity index (χ4v) is 11.1. The minimum atomic E-state index is -1.74. The fourth-order valence-electron chi connectivity index (χ4n) is 11.1. The molecule has 0 bridgehead atoms. The summed E-state index contributed by atoms with van der Waals surface area (Å²) in [5, 5.41) is 85.2. The van der Waals surface area contributed by atoms with Gasteiger partial charge < -0.3 is 69.3 Å². The van der Waals surface area contributed by atoms with Gasteiger partial charge in [-0.3, -0.25) is 4.79 Å². The highest BCUT2D eigenvalue weighted by Gasteiger charge is 2.59. The van der Waals surface area contributed by atoms with Gasteiger partial charge in [0.15, 0.2) is 24.7 Å². The first-order chi connectivity index (χ1) is 25.5. The van der Waals surface area contributed by atoms with E-state index in [-0.39, 0.29) is 16.6 Å². The summed E-state index contributed by atoms with van der Waals surface area (Å²) in [6.07, 6.45) is -11.7. The van der Waals surface area contributed by atoms with Crippen molar-refractivity contribution in [2.24, 2.45) is 28.6 Å². The lowest BCUT2D eigenvalue weighted by Gasteiger charge is -2.58. The van der Waals surface area contributed by atoms with Crippen molar-refractivity contribution in [3.63, 3.8) is 0 Å². The first-order valence-corrected chi connectivity index (χ1v) is 19.7. The number of ketones is 1. The normalized spacial score (nSPS) is 53.5. The highest BCUT2D eigenvalue weighted by Crippen LogP contribution is 2.65. The Morgan fingerprint density at radius 1 is 0.704 bits per heavy atom. The summed E-state index contributed by atoms with van der Waals surface area (Å²) < 4.78 is 36.6. The molecule has 54 heavy (non-hydrogen) atoms. The molecule has 5 fully saturated rings. The van der Waals surface area contributed by atoms with Gasteiger partial charge in [0.25, 0.3) is 0 Å². The molecule has 3 aliphatic heterocycles. The van der Waals surface area contributed by atoms with Crippen LogP contribution in [0.15, 0.2) is 23.3 Å². The number of fused-ring (bicyclic) bond motifs is 5. The summed E-state index contributed by atoms with van der Waals surface area (Å²) in [7, 11) is 0. The van der Waals surface area contributed by atoms with E-state index in [1.54, 1.807) is 6.92 Å². The van der Waals surface area contributed by atoms with Crippen LogP contribution in [0.25, 0.3) is 0 Å². The van der Waals surface area contributed by atoms with E-state index < -0.39 is 105 Å². The van der Waals surface area contributed by atoms with Gasteiger partial charge in [0.1, 0.15) is 61.0 Å². The van der Waals surface area contributed by atoms with E-state index in [1.807, 2.05) is 0 Å². The molecule has 4 aliphatic carbocycles. The first kappa shape index (κ1) is 40.8. The third-order valence-electron chi connectivity index (χ3n) is 14.3. The molecular weight excluding hydrogens is 708 g/mol. The van der Waals surface area contributed by atoms with Crippen molar-refractivity contribution in [3.05, 3.63) is 23.3 Å². The van der Waals surface area contributed by atoms with Crippen molar-refractivity contribution in [3.8, 4) is 0 Å². The smallest absolute Gasteiger partial charge is 0.187 e. The van der Waals surface area contributed by atoms with Gasteiger partial charge in [0.2, 0.25) is 0 Å². The Labute approximate surface area is 315 Å². The lowest BCUT2D eigenvalue weighted by Crippen LogP contribution is -2.67. The molecule has 3 saturated heterocycles. The van der Waals surface area contributed by atoms with Gasteiger partial charge in [-0.2, -0.15) is 0 Å². The van der Waals surface area contributed by atoms with Crippen LogP contribution in [0.1, 0.15) is 79.6 Å². The number of aliphatic hydroxyl groups excluding tert-OH is 8. The van der Waals surface area contributed by atoms with Crippen LogP contribution >= 0.6 is 0 Å². The molecule has 0 spiro atoms. The van der Waals surface area contributed by atoms with E-state index >= 15 is 0 Å². The predicted molar refractivity (Wildman–Crippen MR) is 187 cm³/mol. The average molecular weight is 769 g/mol. The molecule has 15 nitrogen and oxygen atoms in total. The molecule has 2 saturated carbocycles. The third-order valence-corrected chi connectivity index (χ3v) is 14.3. The van der Waals surface area contributed by atoms with Crippen LogP contribution in [0.4, 0.5) is 0 Å². The van der Waals surface area contributed by atoms with E-state index in [2.05, 4.69) is 26.0 Å². The SMILES string of the molecule is CC(=O)C1=CC[C@H]2[C@@H]3CC=C4C[C@@H](O[C@@H]5O[C@H](CO)[C@@H](O)[C@H](O[C@@H]6O[C@@H](C)[C@H](O)[C@@H](O)[C@H]6O)[C@H]5O[C@@H]5O[C@@H](C)[C@H](O)[C@@H](O)[C@H]5O)CC[C@]4(C)[C@H]3CC[C@]12C. The maximum absolute atomic E-state index is 12.6. The number of Topliss-reactive ketones (excluding diaryl/α,β-unsaturated/α-hetero) is 1. The molecule has 15 heteroatoms. The van der Waals surface area contributed by atoms with Crippen LogP contribution in [-0.4, -0.2) is 151 Å². The predicted octanol–water partition coefficient (Wildman–Crippen LogP) is -0.0368. The Kier molecular flexibility index (Phi) is 11.6. The van der Waals surface area contributed by atoms with E-state index in [0.717, 1.165) is 37.7 Å². The summed E-state index contributed by atoms with van der Waals surface area (Å²) in [6.45, 7) is 8.61. The van der Waals surface area contributed by atoms with Crippen LogP contribution in [-0.2, 0) is 33.2 Å². The summed E-state index contributed by atoms with van der Waals surface area (Å²) in [6, 6.07) is 0. The number of hydrogen-bond donors (Lipinski definition) is 8. The molecule has 306 valence electrons. The molecule has 0 amide bonds.